The first-order valence-electron chi connectivity index (χ1n) is 8.91. The van der Waals surface area contributed by atoms with Crippen molar-refractivity contribution in [1.29, 1.82) is 5.26 Å². The number of rotatable bonds is 7. The molecule has 3 aromatic rings. The third-order valence-electron chi connectivity index (χ3n) is 4.54. The quantitative estimate of drug-likeness (QED) is 0.657. The van der Waals surface area contributed by atoms with Crippen LogP contribution in [0.4, 0.5) is 5.95 Å². The van der Waals surface area contributed by atoms with E-state index in [1.165, 1.54) is 21.3 Å². The van der Waals surface area contributed by atoms with Crippen LogP contribution >= 0.6 is 0 Å². The van der Waals surface area contributed by atoms with Crippen molar-refractivity contribution >= 4 is 16.9 Å². The number of benzene rings is 2. The molecule has 0 atom stereocenters. The lowest BCUT2D eigenvalue weighted by atomic mass is 10.1. The summed E-state index contributed by atoms with van der Waals surface area (Å²) in [6, 6.07) is 11.6. The number of aromatic amines is 1. The molecule has 29 heavy (non-hydrogen) atoms. The Labute approximate surface area is 168 Å². The van der Waals surface area contributed by atoms with Crippen LogP contribution in [0.5, 0.6) is 17.2 Å². The van der Waals surface area contributed by atoms with Crippen LogP contribution in [-0.4, -0.2) is 38.3 Å². The SMILES string of the molecule is COc1cc2nc(N(C)Cc3cccc(CC#N)c3)[nH]c(=O)c2c(OC)c1OC. The Hall–Kier alpha value is -3.73. The molecule has 0 unspecified atom stereocenters. The molecule has 0 aliphatic carbocycles. The van der Waals surface area contributed by atoms with Crippen molar-refractivity contribution in [2.45, 2.75) is 13.0 Å². The van der Waals surface area contributed by atoms with Gasteiger partial charge in [0.25, 0.3) is 5.56 Å². The first kappa shape index (κ1) is 20.0. The monoisotopic (exact) mass is 394 g/mol. The van der Waals surface area contributed by atoms with Crippen molar-refractivity contribution in [2.75, 3.05) is 33.3 Å². The van der Waals surface area contributed by atoms with Crippen molar-refractivity contribution < 1.29 is 14.2 Å². The molecule has 0 fully saturated rings. The van der Waals surface area contributed by atoms with E-state index in [4.69, 9.17) is 19.5 Å². The minimum absolute atomic E-state index is 0.272. The predicted octanol–water partition coefficient (Wildman–Crippen LogP) is 2.65. The van der Waals surface area contributed by atoms with Gasteiger partial charge in [-0.15, -0.1) is 0 Å². The van der Waals surface area contributed by atoms with Crippen molar-refractivity contribution in [1.82, 2.24) is 9.97 Å². The van der Waals surface area contributed by atoms with E-state index in [1.54, 1.807) is 6.07 Å². The van der Waals surface area contributed by atoms with Gasteiger partial charge in [-0.1, -0.05) is 24.3 Å². The number of H-pyrrole nitrogens is 1. The summed E-state index contributed by atoms with van der Waals surface area (Å²) in [4.78, 5) is 22.0. The van der Waals surface area contributed by atoms with E-state index in [9.17, 15) is 4.79 Å². The molecule has 1 heterocycles. The van der Waals surface area contributed by atoms with E-state index < -0.39 is 0 Å². The Balaban J connectivity index is 2.03. The van der Waals surface area contributed by atoms with Gasteiger partial charge in [0, 0.05) is 19.7 Å². The van der Waals surface area contributed by atoms with Crippen LogP contribution in [0.25, 0.3) is 10.9 Å². The lowest BCUT2D eigenvalue weighted by molar-refractivity contribution is 0.327. The van der Waals surface area contributed by atoms with Gasteiger partial charge in [0.15, 0.2) is 11.5 Å². The van der Waals surface area contributed by atoms with Gasteiger partial charge in [-0.3, -0.25) is 9.78 Å². The summed E-state index contributed by atoms with van der Waals surface area (Å²) < 4.78 is 16.1. The van der Waals surface area contributed by atoms with Crippen molar-refractivity contribution in [3.05, 3.63) is 51.8 Å². The zero-order valence-electron chi connectivity index (χ0n) is 16.8. The van der Waals surface area contributed by atoms with Gasteiger partial charge < -0.3 is 19.1 Å². The Kier molecular flexibility index (Phi) is 5.88. The van der Waals surface area contributed by atoms with Gasteiger partial charge in [0.05, 0.1) is 39.3 Å². The van der Waals surface area contributed by atoms with E-state index >= 15 is 0 Å². The second-order valence-electron chi connectivity index (χ2n) is 6.44. The molecule has 1 aromatic heterocycles. The molecule has 0 aliphatic heterocycles. The molecule has 0 amide bonds. The van der Waals surface area contributed by atoms with E-state index in [0.29, 0.717) is 41.3 Å². The second-order valence-corrected chi connectivity index (χ2v) is 6.44. The Morgan fingerprint density at radius 2 is 1.83 bits per heavy atom. The zero-order chi connectivity index (χ0) is 21.0. The first-order valence-corrected chi connectivity index (χ1v) is 8.91. The number of ether oxygens (including phenoxy) is 3. The third kappa shape index (κ3) is 3.94. The number of aromatic nitrogens is 2. The van der Waals surface area contributed by atoms with E-state index in [-0.39, 0.29) is 11.3 Å². The topological polar surface area (TPSA) is 100 Å². The highest BCUT2D eigenvalue weighted by atomic mass is 16.5. The fourth-order valence-electron chi connectivity index (χ4n) is 3.22. The maximum atomic E-state index is 12.8. The van der Waals surface area contributed by atoms with Gasteiger partial charge in [-0.05, 0) is 11.1 Å². The molecule has 0 aliphatic rings. The minimum Gasteiger partial charge on any atom is -0.493 e. The maximum absolute atomic E-state index is 12.8. The molecule has 2 aromatic carbocycles. The molecule has 0 saturated carbocycles. The molecule has 8 nitrogen and oxygen atoms in total. The Morgan fingerprint density at radius 1 is 1.10 bits per heavy atom. The Bertz CT molecular complexity index is 1130. The van der Waals surface area contributed by atoms with Crippen LogP contribution in [-0.2, 0) is 13.0 Å². The lowest BCUT2D eigenvalue weighted by Crippen LogP contribution is -2.23. The standard InChI is InChI=1S/C21H22N4O4/c1-25(12-14-7-5-6-13(10-14)8-9-22)21-23-15-11-16(27-2)18(28-3)19(29-4)17(15)20(26)24-21/h5-7,10-11H,8,12H2,1-4H3,(H,23,24,26). The summed E-state index contributed by atoms with van der Waals surface area (Å²) in [7, 11) is 6.29. The van der Waals surface area contributed by atoms with Gasteiger partial charge in [0.1, 0.15) is 5.39 Å². The fourth-order valence-corrected chi connectivity index (χ4v) is 3.22. The summed E-state index contributed by atoms with van der Waals surface area (Å²) >= 11 is 0. The summed E-state index contributed by atoms with van der Waals surface area (Å²) in [6.07, 6.45) is 0.351. The van der Waals surface area contributed by atoms with Crippen molar-refractivity contribution in [2.24, 2.45) is 0 Å². The smallest absolute Gasteiger partial charge is 0.264 e. The number of nitriles is 1. The lowest BCUT2D eigenvalue weighted by Gasteiger charge is -2.19. The maximum Gasteiger partial charge on any atom is 0.264 e. The largest absolute Gasteiger partial charge is 0.493 e. The molecule has 0 saturated heterocycles. The second kappa shape index (κ2) is 8.52. The Morgan fingerprint density at radius 3 is 2.48 bits per heavy atom. The van der Waals surface area contributed by atoms with Gasteiger partial charge in [-0.2, -0.15) is 5.26 Å². The zero-order valence-corrected chi connectivity index (χ0v) is 16.8. The third-order valence-corrected chi connectivity index (χ3v) is 4.54. The predicted molar refractivity (Wildman–Crippen MR) is 110 cm³/mol. The molecule has 0 radical (unpaired) electrons. The number of hydrogen-bond acceptors (Lipinski definition) is 7. The fraction of sp³-hybridized carbons (Fsp3) is 0.286. The molecular weight excluding hydrogens is 372 g/mol. The molecule has 150 valence electrons. The number of hydrogen-bond donors (Lipinski definition) is 1. The van der Waals surface area contributed by atoms with Crippen LogP contribution in [0.2, 0.25) is 0 Å². The number of anilines is 1. The summed E-state index contributed by atoms with van der Waals surface area (Å²) in [6.45, 7) is 0.512. The molecule has 1 N–H and O–H groups in total. The van der Waals surface area contributed by atoms with E-state index in [2.05, 4.69) is 16.0 Å². The van der Waals surface area contributed by atoms with E-state index in [0.717, 1.165) is 11.1 Å². The molecule has 8 heteroatoms. The number of nitrogens with one attached hydrogen (secondary N) is 1. The number of methoxy groups -OCH3 is 3. The molecule has 0 spiro atoms. The average Bonchev–Trinajstić information content (AvgIpc) is 2.72. The van der Waals surface area contributed by atoms with Crippen LogP contribution in [0.1, 0.15) is 11.1 Å². The van der Waals surface area contributed by atoms with Crippen LogP contribution in [0, 0.1) is 11.3 Å². The van der Waals surface area contributed by atoms with Gasteiger partial charge in [0.2, 0.25) is 11.7 Å². The van der Waals surface area contributed by atoms with Gasteiger partial charge in [-0.25, -0.2) is 4.98 Å². The minimum atomic E-state index is -0.340. The highest BCUT2D eigenvalue weighted by Crippen LogP contribution is 2.41. The van der Waals surface area contributed by atoms with Crippen LogP contribution in [0.3, 0.4) is 0 Å². The normalized spacial score (nSPS) is 10.4. The molecule has 3 rings (SSSR count). The van der Waals surface area contributed by atoms with Crippen molar-refractivity contribution in [3.63, 3.8) is 0 Å². The first-order chi connectivity index (χ1) is 14.0. The van der Waals surface area contributed by atoms with Crippen LogP contribution in [0.15, 0.2) is 35.1 Å². The average molecular weight is 394 g/mol. The van der Waals surface area contributed by atoms with E-state index in [1.807, 2.05) is 36.2 Å². The van der Waals surface area contributed by atoms with Crippen molar-refractivity contribution in [3.8, 4) is 23.3 Å². The van der Waals surface area contributed by atoms with Gasteiger partial charge >= 0.3 is 0 Å². The summed E-state index contributed by atoms with van der Waals surface area (Å²) in [5.41, 5.74) is 2.05. The summed E-state index contributed by atoms with van der Waals surface area (Å²) in [5.74, 6) is 1.44. The highest BCUT2D eigenvalue weighted by Gasteiger charge is 2.20. The van der Waals surface area contributed by atoms with Crippen LogP contribution < -0.4 is 24.7 Å². The molecular formula is C21H22N4O4. The number of nitrogens with zero attached hydrogens (tertiary/aromatic N) is 3. The summed E-state index contributed by atoms with van der Waals surface area (Å²) in [5, 5.41) is 9.18. The highest BCUT2D eigenvalue weighted by molar-refractivity contribution is 5.90. The molecule has 0 bridgehead atoms. The number of fused-ring (bicyclic) bond motifs is 1.